The Morgan fingerprint density at radius 1 is 1.60 bits per heavy atom. The Bertz CT molecular complexity index is 336. The first-order valence-electron chi connectivity index (χ1n) is 5.45. The Hall–Kier alpha value is -0.760. The van der Waals surface area contributed by atoms with Gasteiger partial charge in [0.05, 0.1) is 11.9 Å². The molecule has 1 aromatic heterocycles. The van der Waals surface area contributed by atoms with E-state index in [0.29, 0.717) is 11.9 Å². The van der Waals surface area contributed by atoms with Crippen LogP contribution in [-0.4, -0.2) is 18.1 Å². The second-order valence-electron chi connectivity index (χ2n) is 4.33. The van der Waals surface area contributed by atoms with Gasteiger partial charge in [-0.05, 0) is 37.3 Å². The SMILES string of the molecule is CC(C1CC1)N(C)c1cnccc1CCl. The molecule has 2 nitrogen and oxygen atoms in total. The summed E-state index contributed by atoms with van der Waals surface area (Å²) in [5, 5.41) is 0. The lowest BCUT2D eigenvalue weighted by atomic mass is 10.1. The molecule has 0 saturated heterocycles. The van der Waals surface area contributed by atoms with Crippen molar-refractivity contribution >= 4 is 17.3 Å². The van der Waals surface area contributed by atoms with Gasteiger partial charge in [-0.1, -0.05) is 0 Å². The molecular formula is C12H17ClN2. The predicted octanol–water partition coefficient (Wildman–Crippen LogP) is 3.06. The normalized spacial score (nSPS) is 17.5. The van der Waals surface area contributed by atoms with Crippen molar-refractivity contribution in [2.24, 2.45) is 5.92 Å². The summed E-state index contributed by atoms with van der Waals surface area (Å²) in [7, 11) is 2.13. The second kappa shape index (κ2) is 4.40. The molecule has 2 rings (SSSR count). The number of alkyl halides is 1. The van der Waals surface area contributed by atoms with Crippen molar-refractivity contribution in [3.8, 4) is 0 Å². The van der Waals surface area contributed by atoms with E-state index in [9.17, 15) is 0 Å². The third kappa shape index (κ3) is 2.25. The van der Waals surface area contributed by atoms with E-state index < -0.39 is 0 Å². The maximum absolute atomic E-state index is 5.92. The summed E-state index contributed by atoms with van der Waals surface area (Å²) in [6, 6.07) is 2.59. The van der Waals surface area contributed by atoms with Crippen molar-refractivity contribution < 1.29 is 0 Å². The first-order valence-corrected chi connectivity index (χ1v) is 5.99. The van der Waals surface area contributed by atoms with Crippen LogP contribution in [0.3, 0.4) is 0 Å². The highest BCUT2D eigenvalue weighted by atomic mass is 35.5. The molecule has 0 aliphatic heterocycles. The van der Waals surface area contributed by atoms with E-state index in [2.05, 4.69) is 23.9 Å². The Balaban J connectivity index is 2.19. The van der Waals surface area contributed by atoms with Gasteiger partial charge in [0.15, 0.2) is 0 Å². The topological polar surface area (TPSA) is 16.1 Å². The minimum Gasteiger partial charge on any atom is -0.370 e. The lowest BCUT2D eigenvalue weighted by Gasteiger charge is -2.28. The molecule has 1 saturated carbocycles. The summed E-state index contributed by atoms with van der Waals surface area (Å²) in [5.74, 6) is 1.41. The largest absolute Gasteiger partial charge is 0.370 e. The zero-order chi connectivity index (χ0) is 10.8. The van der Waals surface area contributed by atoms with E-state index in [1.807, 2.05) is 12.3 Å². The number of halogens is 1. The standard InChI is InChI=1S/C12H17ClN2/c1-9(10-3-4-10)15(2)12-8-14-6-5-11(12)7-13/h5-6,8-10H,3-4,7H2,1-2H3. The first kappa shape index (κ1) is 10.7. The van der Waals surface area contributed by atoms with E-state index in [4.69, 9.17) is 11.6 Å². The number of hydrogen-bond donors (Lipinski definition) is 0. The number of nitrogens with zero attached hydrogens (tertiary/aromatic N) is 2. The Kier molecular flexibility index (Phi) is 3.15. The fourth-order valence-corrected chi connectivity index (χ4v) is 2.19. The van der Waals surface area contributed by atoms with Gasteiger partial charge in [-0.15, -0.1) is 11.6 Å². The van der Waals surface area contributed by atoms with Crippen LogP contribution in [0.25, 0.3) is 0 Å². The van der Waals surface area contributed by atoms with Crippen molar-refractivity contribution in [1.82, 2.24) is 4.98 Å². The molecule has 1 heterocycles. The van der Waals surface area contributed by atoms with E-state index in [-0.39, 0.29) is 0 Å². The van der Waals surface area contributed by atoms with Crippen LogP contribution in [0.2, 0.25) is 0 Å². The van der Waals surface area contributed by atoms with Gasteiger partial charge in [0.25, 0.3) is 0 Å². The van der Waals surface area contributed by atoms with Gasteiger partial charge in [0, 0.05) is 25.2 Å². The van der Waals surface area contributed by atoms with Crippen molar-refractivity contribution in [1.29, 1.82) is 0 Å². The van der Waals surface area contributed by atoms with Crippen LogP contribution in [0.15, 0.2) is 18.5 Å². The van der Waals surface area contributed by atoms with Crippen molar-refractivity contribution in [2.45, 2.75) is 31.7 Å². The molecule has 1 aliphatic carbocycles. The van der Waals surface area contributed by atoms with E-state index in [1.54, 1.807) is 6.20 Å². The molecule has 15 heavy (non-hydrogen) atoms. The van der Waals surface area contributed by atoms with Crippen LogP contribution in [-0.2, 0) is 5.88 Å². The number of rotatable bonds is 4. The molecule has 0 radical (unpaired) electrons. The molecule has 0 N–H and O–H groups in total. The van der Waals surface area contributed by atoms with Gasteiger partial charge in [0.1, 0.15) is 0 Å². The number of pyridine rings is 1. The maximum Gasteiger partial charge on any atom is 0.0597 e. The molecule has 82 valence electrons. The Morgan fingerprint density at radius 2 is 2.33 bits per heavy atom. The molecule has 0 bridgehead atoms. The highest BCUT2D eigenvalue weighted by Gasteiger charge is 2.31. The molecule has 0 aromatic carbocycles. The van der Waals surface area contributed by atoms with E-state index in [0.717, 1.165) is 5.92 Å². The summed E-state index contributed by atoms with van der Waals surface area (Å²) in [5.41, 5.74) is 2.34. The Morgan fingerprint density at radius 3 is 2.93 bits per heavy atom. The van der Waals surface area contributed by atoms with Crippen LogP contribution in [0.1, 0.15) is 25.3 Å². The fraction of sp³-hybridized carbons (Fsp3) is 0.583. The van der Waals surface area contributed by atoms with Gasteiger partial charge in [-0.25, -0.2) is 0 Å². The molecule has 1 aliphatic rings. The van der Waals surface area contributed by atoms with Gasteiger partial charge in [-0.2, -0.15) is 0 Å². The molecule has 1 fully saturated rings. The van der Waals surface area contributed by atoms with Crippen LogP contribution < -0.4 is 4.90 Å². The lowest BCUT2D eigenvalue weighted by Crippen LogP contribution is -2.31. The van der Waals surface area contributed by atoms with Crippen molar-refractivity contribution in [3.63, 3.8) is 0 Å². The summed E-state index contributed by atoms with van der Waals surface area (Å²) >= 11 is 5.92. The summed E-state index contributed by atoms with van der Waals surface area (Å²) in [6.07, 6.45) is 6.44. The van der Waals surface area contributed by atoms with Crippen LogP contribution >= 0.6 is 11.6 Å². The zero-order valence-corrected chi connectivity index (χ0v) is 10.0. The van der Waals surface area contributed by atoms with Gasteiger partial charge in [-0.3, -0.25) is 4.98 Å². The van der Waals surface area contributed by atoms with Gasteiger partial charge in [0.2, 0.25) is 0 Å². The number of aromatic nitrogens is 1. The number of hydrogen-bond acceptors (Lipinski definition) is 2. The van der Waals surface area contributed by atoms with Gasteiger partial charge >= 0.3 is 0 Å². The second-order valence-corrected chi connectivity index (χ2v) is 4.59. The average Bonchev–Trinajstić information content (AvgIpc) is 3.11. The summed E-state index contributed by atoms with van der Waals surface area (Å²) in [6.45, 7) is 2.28. The smallest absolute Gasteiger partial charge is 0.0597 e. The predicted molar refractivity (Wildman–Crippen MR) is 64.4 cm³/mol. The average molecular weight is 225 g/mol. The monoisotopic (exact) mass is 224 g/mol. The maximum atomic E-state index is 5.92. The Labute approximate surface area is 96.3 Å². The minimum atomic E-state index is 0.555. The summed E-state index contributed by atoms with van der Waals surface area (Å²) in [4.78, 5) is 6.48. The quantitative estimate of drug-likeness (QED) is 0.731. The molecule has 0 spiro atoms. The molecule has 1 aromatic rings. The van der Waals surface area contributed by atoms with Crippen molar-refractivity contribution in [2.75, 3.05) is 11.9 Å². The fourth-order valence-electron chi connectivity index (χ4n) is 1.96. The molecule has 0 amide bonds. The minimum absolute atomic E-state index is 0.555. The van der Waals surface area contributed by atoms with E-state index >= 15 is 0 Å². The molecule has 1 unspecified atom stereocenters. The lowest BCUT2D eigenvalue weighted by molar-refractivity contribution is 0.607. The van der Waals surface area contributed by atoms with E-state index in [1.165, 1.54) is 24.1 Å². The third-order valence-corrected chi connectivity index (χ3v) is 3.61. The first-order chi connectivity index (χ1) is 7.24. The third-order valence-electron chi connectivity index (χ3n) is 3.33. The molecular weight excluding hydrogens is 208 g/mol. The highest BCUT2D eigenvalue weighted by molar-refractivity contribution is 6.17. The summed E-state index contributed by atoms with van der Waals surface area (Å²) < 4.78 is 0. The highest BCUT2D eigenvalue weighted by Crippen LogP contribution is 2.36. The van der Waals surface area contributed by atoms with Crippen molar-refractivity contribution in [3.05, 3.63) is 24.0 Å². The van der Waals surface area contributed by atoms with Crippen LogP contribution in [0.5, 0.6) is 0 Å². The molecule has 1 atom stereocenters. The zero-order valence-electron chi connectivity index (χ0n) is 9.28. The number of anilines is 1. The van der Waals surface area contributed by atoms with Crippen LogP contribution in [0.4, 0.5) is 5.69 Å². The molecule has 3 heteroatoms. The van der Waals surface area contributed by atoms with Gasteiger partial charge < -0.3 is 4.90 Å². The van der Waals surface area contributed by atoms with Crippen LogP contribution in [0, 0.1) is 5.92 Å².